The summed E-state index contributed by atoms with van der Waals surface area (Å²) in [6, 6.07) is 29.3. The van der Waals surface area contributed by atoms with Crippen molar-refractivity contribution in [2.24, 2.45) is 34.6 Å². The van der Waals surface area contributed by atoms with Crippen molar-refractivity contribution in [3.05, 3.63) is 179 Å². The van der Waals surface area contributed by atoms with Crippen molar-refractivity contribution in [3.63, 3.8) is 0 Å². The first kappa shape index (κ1) is 35.3. The molecule has 3 aromatic carbocycles. The molecular weight excluding hydrogens is 675 g/mol. The first-order valence-corrected chi connectivity index (χ1v) is 21.3. The van der Waals surface area contributed by atoms with Gasteiger partial charge in [-0.05, 0) is 106 Å². The van der Waals surface area contributed by atoms with Gasteiger partial charge >= 0.3 is 0 Å². The molecule has 2 N–H and O–H groups in total. The van der Waals surface area contributed by atoms with Crippen molar-refractivity contribution >= 4 is 28.6 Å². The van der Waals surface area contributed by atoms with Gasteiger partial charge in [0.25, 0.3) is 0 Å². The third kappa shape index (κ3) is 7.00. The van der Waals surface area contributed by atoms with Crippen LogP contribution < -0.4 is 10.6 Å². The van der Waals surface area contributed by atoms with E-state index < -0.39 is 0 Å². The second-order valence-electron chi connectivity index (χ2n) is 16.3. The lowest BCUT2D eigenvalue weighted by atomic mass is 9.77. The van der Waals surface area contributed by atoms with E-state index in [0.717, 1.165) is 23.3 Å². The van der Waals surface area contributed by atoms with E-state index in [2.05, 4.69) is 183 Å². The molecule has 6 aliphatic rings. The Kier molecular flexibility index (Phi) is 10.1. The SMILES string of the molecule is CC1C/C=C(c2cccc(C3NC=C4C(N3)SC3CCCCC43)c2)/C=C(C2C=CC=C(c3ccccc3)C2C)\N=C/1c1cccc(C2C=CC=CC2C)c1. The summed E-state index contributed by atoms with van der Waals surface area (Å²) in [6.07, 6.45) is 29.6. The van der Waals surface area contributed by atoms with Crippen molar-refractivity contribution in [3.8, 4) is 0 Å². The van der Waals surface area contributed by atoms with Crippen LogP contribution in [0.1, 0.15) is 92.8 Å². The maximum Gasteiger partial charge on any atom is 0.104 e. The first-order chi connectivity index (χ1) is 26.5. The van der Waals surface area contributed by atoms with Gasteiger partial charge in [-0.2, -0.15) is 0 Å². The van der Waals surface area contributed by atoms with Gasteiger partial charge in [0.15, 0.2) is 0 Å². The predicted octanol–water partition coefficient (Wildman–Crippen LogP) is 11.9. The lowest BCUT2D eigenvalue weighted by Gasteiger charge is -2.31. The summed E-state index contributed by atoms with van der Waals surface area (Å²) in [4.78, 5) is 5.75. The lowest BCUT2D eigenvalue weighted by Crippen LogP contribution is -2.42. The molecule has 3 aliphatic heterocycles. The highest BCUT2D eigenvalue weighted by molar-refractivity contribution is 8.01. The molecule has 274 valence electrons. The third-order valence-electron chi connectivity index (χ3n) is 12.8. The molecule has 0 radical (unpaired) electrons. The summed E-state index contributed by atoms with van der Waals surface area (Å²) in [6.45, 7) is 7.05. The van der Waals surface area contributed by atoms with Crippen molar-refractivity contribution < 1.29 is 0 Å². The number of aliphatic imine (C=N–C) groups is 1. The molecule has 0 amide bonds. The number of nitrogens with one attached hydrogen (secondary N) is 2. The fourth-order valence-corrected chi connectivity index (χ4v) is 11.4. The standard InChI is InChI=1S/C50H53N3S/c1-32-14-7-8-21-41(32)38-18-12-19-39(29-38)48-33(2)26-27-37(30-46(52-48)43-24-13-23-42(34(43)3)35-15-5-4-6-16-35)36-17-11-20-40(28-36)49-51-31-45-44-22-9-10-25-47(44)54-50(45)53-49/h4-8,11-21,23-24,27-34,41,43-44,47,49-51,53H,9-10,22,25-26H2,1-3H3/b37-27-,46-30-,52-48+. The van der Waals surface area contributed by atoms with Crippen molar-refractivity contribution in [1.82, 2.24) is 10.6 Å². The minimum absolute atomic E-state index is 0.0943. The van der Waals surface area contributed by atoms with Gasteiger partial charge < -0.3 is 5.32 Å². The molecule has 3 heterocycles. The van der Waals surface area contributed by atoms with Gasteiger partial charge in [-0.1, -0.05) is 149 Å². The van der Waals surface area contributed by atoms with Gasteiger partial charge in [-0.25, -0.2) is 0 Å². The molecule has 3 nitrogen and oxygen atoms in total. The van der Waals surface area contributed by atoms with E-state index in [1.807, 2.05) is 0 Å². The minimum Gasteiger partial charge on any atom is -0.372 e. The highest BCUT2D eigenvalue weighted by atomic mass is 32.2. The van der Waals surface area contributed by atoms with Crippen molar-refractivity contribution in [2.75, 3.05) is 0 Å². The van der Waals surface area contributed by atoms with Gasteiger partial charge in [0.05, 0.1) is 11.1 Å². The zero-order valence-electron chi connectivity index (χ0n) is 31.9. The zero-order valence-corrected chi connectivity index (χ0v) is 32.7. The van der Waals surface area contributed by atoms with Gasteiger partial charge in [0.2, 0.25) is 0 Å². The predicted molar refractivity (Wildman–Crippen MR) is 230 cm³/mol. The van der Waals surface area contributed by atoms with Crippen molar-refractivity contribution in [1.29, 1.82) is 0 Å². The molecule has 1 saturated carbocycles. The maximum atomic E-state index is 5.75. The first-order valence-electron chi connectivity index (χ1n) is 20.4. The van der Waals surface area contributed by atoms with E-state index in [-0.39, 0.29) is 23.9 Å². The highest BCUT2D eigenvalue weighted by Gasteiger charge is 2.43. The van der Waals surface area contributed by atoms with Crippen LogP contribution in [-0.2, 0) is 0 Å². The number of fused-ring (bicyclic) bond motifs is 3. The van der Waals surface area contributed by atoms with Gasteiger partial charge in [-0.15, -0.1) is 11.8 Å². The van der Waals surface area contributed by atoms with Gasteiger partial charge in [0.1, 0.15) is 6.17 Å². The molecule has 0 aromatic heterocycles. The van der Waals surface area contributed by atoms with E-state index in [1.54, 1.807) is 5.57 Å². The number of nitrogens with zero attached hydrogens (tertiary/aromatic N) is 1. The third-order valence-corrected chi connectivity index (χ3v) is 14.4. The number of hydrogen-bond donors (Lipinski definition) is 2. The number of thioether (sulfide) groups is 1. The van der Waals surface area contributed by atoms with Crippen LogP contribution in [0.2, 0.25) is 0 Å². The Labute approximate surface area is 326 Å². The van der Waals surface area contributed by atoms with Crippen LogP contribution in [0.4, 0.5) is 0 Å². The van der Waals surface area contributed by atoms with Crippen LogP contribution in [0.5, 0.6) is 0 Å². The van der Waals surface area contributed by atoms with Crippen LogP contribution in [-0.4, -0.2) is 16.3 Å². The molecule has 3 aromatic rings. The molecule has 4 heteroatoms. The Morgan fingerprint density at radius 3 is 2.37 bits per heavy atom. The number of benzene rings is 3. The average Bonchev–Trinajstić information content (AvgIpc) is 3.59. The monoisotopic (exact) mass is 727 g/mol. The molecule has 2 fully saturated rings. The molecule has 9 rings (SSSR count). The number of allylic oxidation sites excluding steroid dienone is 11. The smallest absolute Gasteiger partial charge is 0.104 e. The average molecular weight is 728 g/mol. The van der Waals surface area contributed by atoms with E-state index in [0.29, 0.717) is 17.2 Å². The Hall–Kier alpha value is -4.38. The van der Waals surface area contributed by atoms with Crippen LogP contribution in [0.15, 0.2) is 156 Å². The molecule has 3 aliphatic carbocycles. The fraction of sp³-hybridized carbons (Fsp3) is 0.340. The Morgan fingerprint density at radius 1 is 0.741 bits per heavy atom. The number of rotatable bonds is 6. The van der Waals surface area contributed by atoms with Crippen LogP contribution in [0, 0.1) is 29.6 Å². The molecule has 54 heavy (non-hydrogen) atoms. The van der Waals surface area contributed by atoms with E-state index in [9.17, 15) is 0 Å². The Balaban J connectivity index is 1.07. The largest absolute Gasteiger partial charge is 0.372 e. The van der Waals surface area contributed by atoms with E-state index in [4.69, 9.17) is 4.99 Å². The topological polar surface area (TPSA) is 36.4 Å². The summed E-state index contributed by atoms with van der Waals surface area (Å²) in [5.74, 6) is 2.23. The zero-order chi connectivity index (χ0) is 36.6. The second kappa shape index (κ2) is 15.4. The maximum absolute atomic E-state index is 5.75. The molecule has 1 saturated heterocycles. The molecule has 0 spiro atoms. The van der Waals surface area contributed by atoms with Crippen molar-refractivity contribution in [2.45, 2.75) is 75.6 Å². The lowest BCUT2D eigenvalue weighted by molar-refractivity contribution is 0.394. The second-order valence-corrected chi connectivity index (χ2v) is 17.7. The van der Waals surface area contributed by atoms with E-state index in [1.165, 1.54) is 70.4 Å². The van der Waals surface area contributed by atoms with Gasteiger partial charge in [0, 0.05) is 28.7 Å². The molecule has 9 atom stereocenters. The van der Waals surface area contributed by atoms with Crippen LogP contribution >= 0.6 is 11.8 Å². The highest BCUT2D eigenvalue weighted by Crippen LogP contribution is 2.50. The minimum atomic E-state index is 0.0943. The quantitative estimate of drug-likeness (QED) is 0.265. The number of hydrogen-bond acceptors (Lipinski definition) is 4. The molecular formula is C50H53N3S. The summed E-state index contributed by atoms with van der Waals surface area (Å²) in [7, 11) is 0. The van der Waals surface area contributed by atoms with Gasteiger partial charge in [-0.3, -0.25) is 10.3 Å². The molecule has 9 unspecified atom stereocenters. The van der Waals surface area contributed by atoms with Crippen LogP contribution in [0.3, 0.4) is 0 Å². The fourth-order valence-electron chi connectivity index (χ4n) is 9.69. The molecule has 0 bridgehead atoms. The Morgan fingerprint density at radius 2 is 1.50 bits per heavy atom. The Bertz CT molecular complexity index is 2130. The summed E-state index contributed by atoms with van der Waals surface area (Å²) in [5, 5.41) is 8.95. The van der Waals surface area contributed by atoms with E-state index >= 15 is 0 Å². The summed E-state index contributed by atoms with van der Waals surface area (Å²) in [5.41, 5.74) is 12.9. The normalized spacial score (nSPS) is 34.6. The van der Waals surface area contributed by atoms with Crippen LogP contribution in [0.25, 0.3) is 11.1 Å². The summed E-state index contributed by atoms with van der Waals surface area (Å²) < 4.78 is 0. The summed E-state index contributed by atoms with van der Waals surface area (Å²) >= 11 is 2.16.